The van der Waals surface area contributed by atoms with Gasteiger partial charge in [0.15, 0.2) is 13.1 Å². The molecule has 1 unspecified atom stereocenters. The van der Waals surface area contributed by atoms with E-state index in [-0.39, 0.29) is 24.9 Å². The number of aryl methyl sites for hydroxylation is 3. The Kier molecular flexibility index (Phi) is 8.53. The van der Waals surface area contributed by atoms with Crippen molar-refractivity contribution in [2.75, 3.05) is 38.3 Å². The van der Waals surface area contributed by atoms with Crippen LogP contribution in [0.4, 0.5) is 5.69 Å². The van der Waals surface area contributed by atoms with Crippen LogP contribution in [-0.2, 0) is 16.1 Å². The molecule has 7 nitrogen and oxygen atoms in total. The Hall–Kier alpha value is -2.32. The van der Waals surface area contributed by atoms with E-state index in [0.29, 0.717) is 6.54 Å². The van der Waals surface area contributed by atoms with E-state index in [1.54, 1.807) is 11.8 Å². The molecule has 0 saturated heterocycles. The molecule has 0 fully saturated rings. The van der Waals surface area contributed by atoms with Gasteiger partial charge in [-0.2, -0.15) is 5.10 Å². The predicted octanol–water partition coefficient (Wildman–Crippen LogP) is 0.882. The fourth-order valence-corrected chi connectivity index (χ4v) is 3.53. The summed E-state index contributed by atoms with van der Waals surface area (Å²) in [6, 6.07) is 9.73. The number of carbonyl (C=O) groups excluding carboxylic acids is 2. The maximum atomic E-state index is 12.2. The number of nitrogens with one attached hydrogen (secondary N) is 3. The zero-order valence-corrected chi connectivity index (χ0v) is 17.9. The van der Waals surface area contributed by atoms with E-state index >= 15 is 0 Å². The third-order valence-corrected chi connectivity index (χ3v) is 5.07. The summed E-state index contributed by atoms with van der Waals surface area (Å²) in [4.78, 5) is 26.2. The van der Waals surface area contributed by atoms with Crippen molar-refractivity contribution in [1.82, 2.24) is 15.1 Å². The molecule has 0 saturated carbocycles. The number of aromatic nitrogens is 2. The van der Waals surface area contributed by atoms with Gasteiger partial charge in [-0.3, -0.25) is 14.3 Å². The van der Waals surface area contributed by atoms with E-state index in [0.717, 1.165) is 39.8 Å². The molecular weight excluding hydrogens is 374 g/mol. The van der Waals surface area contributed by atoms with Crippen molar-refractivity contribution in [3.8, 4) is 0 Å². The Labute approximate surface area is 170 Å². The number of benzene rings is 1. The summed E-state index contributed by atoms with van der Waals surface area (Å²) >= 11 is 1.59. The molecule has 2 amide bonds. The van der Waals surface area contributed by atoms with Gasteiger partial charge < -0.3 is 15.5 Å². The highest BCUT2D eigenvalue weighted by Crippen LogP contribution is 2.24. The fraction of sp³-hybridized carbons (Fsp3) is 0.450. The van der Waals surface area contributed by atoms with Crippen LogP contribution < -0.4 is 15.5 Å². The second kappa shape index (κ2) is 10.9. The molecule has 0 aliphatic rings. The normalized spacial score (nSPS) is 11.9. The van der Waals surface area contributed by atoms with Gasteiger partial charge in [-0.1, -0.05) is 12.1 Å². The first-order valence-electron chi connectivity index (χ1n) is 9.41. The summed E-state index contributed by atoms with van der Waals surface area (Å²) in [6.07, 6.45) is 2.79. The molecule has 2 rings (SSSR count). The van der Waals surface area contributed by atoms with Crippen molar-refractivity contribution < 1.29 is 14.5 Å². The molecule has 152 valence electrons. The minimum Gasteiger partial charge on any atom is -0.351 e. The van der Waals surface area contributed by atoms with Gasteiger partial charge in [0.05, 0.1) is 18.4 Å². The smallest absolute Gasteiger partial charge is 0.279 e. The van der Waals surface area contributed by atoms with Crippen molar-refractivity contribution in [3.05, 3.63) is 41.7 Å². The number of para-hydroxylation sites is 1. The van der Waals surface area contributed by atoms with Gasteiger partial charge in [-0.15, -0.1) is 11.8 Å². The van der Waals surface area contributed by atoms with Crippen LogP contribution in [0.25, 0.3) is 0 Å². The van der Waals surface area contributed by atoms with Gasteiger partial charge in [0.25, 0.3) is 11.8 Å². The lowest BCUT2D eigenvalue weighted by Gasteiger charge is -2.14. The van der Waals surface area contributed by atoms with Gasteiger partial charge in [0, 0.05) is 23.7 Å². The Morgan fingerprint density at radius 2 is 1.89 bits per heavy atom. The number of thioether (sulfide) groups is 1. The van der Waals surface area contributed by atoms with Gasteiger partial charge in [-0.05, 0) is 44.7 Å². The molecule has 1 aromatic heterocycles. The molecule has 1 aromatic carbocycles. The van der Waals surface area contributed by atoms with E-state index in [4.69, 9.17) is 0 Å². The van der Waals surface area contributed by atoms with Crippen molar-refractivity contribution in [3.63, 3.8) is 0 Å². The first-order valence-corrected chi connectivity index (χ1v) is 10.6. The van der Waals surface area contributed by atoms with Gasteiger partial charge in [0.2, 0.25) is 0 Å². The zero-order chi connectivity index (χ0) is 20.5. The highest BCUT2D eigenvalue weighted by atomic mass is 32.2. The van der Waals surface area contributed by atoms with Gasteiger partial charge in [-0.25, -0.2) is 0 Å². The number of nitrogens with zero attached hydrogens (tertiary/aromatic N) is 2. The van der Waals surface area contributed by atoms with Crippen LogP contribution in [0.2, 0.25) is 0 Å². The van der Waals surface area contributed by atoms with Crippen LogP contribution in [0.15, 0.2) is 35.2 Å². The predicted molar refractivity (Wildman–Crippen MR) is 113 cm³/mol. The maximum Gasteiger partial charge on any atom is 0.279 e. The van der Waals surface area contributed by atoms with Crippen molar-refractivity contribution in [1.29, 1.82) is 0 Å². The summed E-state index contributed by atoms with van der Waals surface area (Å²) in [6.45, 7) is 5.87. The molecule has 0 bridgehead atoms. The molecular formula is C20H30N5O2S+. The van der Waals surface area contributed by atoms with Crippen molar-refractivity contribution >= 4 is 29.3 Å². The summed E-state index contributed by atoms with van der Waals surface area (Å²) in [5, 5.41) is 10.2. The Bertz CT molecular complexity index is 806. The first kappa shape index (κ1) is 22.0. The molecule has 0 aliphatic heterocycles. The Balaban J connectivity index is 1.67. The number of hydrogen-bond acceptors (Lipinski definition) is 4. The third kappa shape index (κ3) is 7.01. The van der Waals surface area contributed by atoms with Crippen LogP contribution >= 0.6 is 11.8 Å². The first-order chi connectivity index (χ1) is 13.4. The number of carbonyl (C=O) groups is 2. The zero-order valence-electron chi connectivity index (χ0n) is 17.0. The molecule has 1 atom stereocenters. The van der Waals surface area contributed by atoms with Crippen LogP contribution in [0.3, 0.4) is 0 Å². The number of amides is 2. The number of quaternary nitrogens is 1. The monoisotopic (exact) mass is 404 g/mol. The third-order valence-electron chi connectivity index (χ3n) is 4.28. The standard InChI is InChI=1S/C20H29N5O2S/c1-15-12-16(2)25(23-15)11-7-10-21-19(26)13-24(3)14-20(27)22-17-8-5-6-9-18(17)28-4/h5-6,8-9,12H,7,10-11,13-14H2,1-4H3,(H,21,26)(H,22,27)/p+1. The van der Waals surface area contributed by atoms with Crippen molar-refractivity contribution in [2.24, 2.45) is 0 Å². The lowest BCUT2D eigenvalue weighted by atomic mass is 10.3. The van der Waals surface area contributed by atoms with Crippen molar-refractivity contribution in [2.45, 2.75) is 31.7 Å². The average Bonchev–Trinajstić information content (AvgIpc) is 2.96. The molecule has 0 spiro atoms. The number of anilines is 1. The van der Waals surface area contributed by atoms with Gasteiger partial charge in [0.1, 0.15) is 0 Å². The average molecular weight is 405 g/mol. The van der Waals surface area contributed by atoms with Crippen LogP contribution in [0, 0.1) is 13.8 Å². The van der Waals surface area contributed by atoms with Crippen LogP contribution in [0.1, 0.15) is 17.8 Å². The molecule has 0 radical (unpaired) electrons. The van der Waals surface area contributed by atoms with E-state index in [1.165, 1.54) is 0 Å². The fourth-order valence-electron chi connectivity index (χ4n) is 2.97. The molecule has 1 heterocycles. The maximum absolute atomic E-state index is 12.2. The number of rotatable bonds is 10. The molecule has 2 aromatic rings. The summed E-state index contributed by atoms with van der Waals surface area (Å²) in [7, 11) is 1.84. The highest BCUT2D eigenvalue weighted by Gasteiger charge is 2.15. The number of likely N-dealkylation sites (N-methyl/N-ethyl adjacent to an activating group) is 1. The minimum absolute atomic E-state index is 0.0526. The molecule has 28 heavy (non-hydrogen) atoms. The lowest BCUT2D eigenvalue weighted by Crippen LogP contribution is -3.11. The van der Waals surface area contributed by atoms with E-state index in [2.05, 4.69) is 15.7 Å². The number of hydrogen-bond donors (Lipinski definition) is 3. The van der Waals surface area contributed by atoms with Crippen LogP contribution in [0.5, 0.6) is 0 Å². The molecule has 8 heteroatoms. The summed E-state index contributed by atoms with van der Waals surface area (Å²) < 4.78 is 1.95. The largest absolute Gasteiger partial charge is 0.351 e. The van der Waals surface area contributed by atoms with E-state index in [9.17, 15) is 9.59 Å². The molecule has 3 N–H and O–H groups in total. The summed E-state index contributed by atoms with van der Waals surface area (Å²) in [5.74, 6) is -0.153. The lowest BCUT2D eigenvalue weighted by molar-refractivity contribution is -0.862. The van der Waals surface area contributed by atoms with E-state index in [1.807, 2.05) is 62.2 Å². The Morgan fingerprint density at radius 1 is 1.18 bits per heavy atom. The highest BCUT2D eigenvalue weighted by molar-refractivity contribution is 7.98. The SMILES string of the molecule is CSc1ccccc1NC(=O)C[NH+](C)CC(=O)NCCCn1nc(C)cc1C. The quantitative estimate of drug-likeness (QED) is 0.406. The molecule has 0 aliphatic carbocycles. The van der Waals surface area contributed by atoms with Gasteiger partial charge >= 0.3 is 0 Å². The van der Waals surface area contributed by atoms with E-state index < -0.39 is 0 Å². The second-order valence-corrected chi connectivity index (χ2v) is 7.76. The Morgan fingerprint density at radius 3 is 2.57 bits per heavy atom. The minimum atomic E-state index is -0.101. The topological polar surface area (TPSA) is 80.5 Å². The summed E-state index contributed by atoms with van der Waals surface area (Å²) in [5.41, 5.74) is 2.94. The van der Waals surface area contributed by atoms with Crippen LogP contribution in [-0.4, -0.2) is 54.5 Å². The second-order valence-electron chi connectivity index (χ2n) is 6.91.